The molecule has 1 amide bonds. The van der Waals surface area contributed by atoms with Crippen LogP contribution < -0.4 is 16.6 Å². The van der Waals surface area contributed by atoms with Crippen molar-refractivity contribution in [3.05, 3.63) is 29.8 Å². The van der Waals surface area contributed by atoms with Crippen molar-refractivity contribution in [1.82, 2.24) is 10.9 Å². The molecule has 1 aromatic rings. The number of benzene rings is 1. The maximum absolute atomic E-state index is 11.8. The van der Waals surface area contributed by atoms with E-state index in [2.05, 4.69) is 15.8 Å². The molecule has 0 unspecified atom stereocenters. The van der Waals surface area contributed by atoms with E-state index in [4.69, 9.17) is 5.73 Å². The highest BCUT2D eigenvalue weighted by atomic mass is 16.2. The second-order valence-corrected chi connectivity index (χ2v) is 4.34. The van der Waals surface area contributed by atoms with E-state index in [1.807, 2.05) is 0 Å². The maximum Gasteiger partial charge on any atom is 0.269 e. The number of aliphatic imine (C=N–C) groups is 1. The van der Waals surface area contributed by atoms with Gasteiger partial charge in [0, 0.05) is 24.2 Å². The Hall–Kier alpha value is -2.04. The van der Waals surface area contributed by atoms with Crippen molar-refractivity contribution in [2.45, 2.75) is 25.7 Å². The lowest BCUT2D eigenvalue weighted by atomic mass is 10.2. The summed E-state index contributed by atoms with van der Waals surface area (Å²) in [4.78, 5) is 16.2. The van der Waals surface area contributed by atoms with Crippen LogP contribution in [0.3, 0.4) is 0 Å². The number of rotatable bonds is 1. The summed E-state index contributed by atoms with van der Waals surface area (Å²) < 4.78 is 0. The lowest BCUT2D eigenvalue weighted by molar-refractivity contribution is 0.0943. The average molecular weight is 246 g/mol. The summed E-state index contributed by atoms with van der Waals surface area (Å²) in [6, 6.07) is 6.80. The molecule has 4 N–H and O–H groups in total. The highest BCUT2D eigenvalue weighted by Gasteiger charge is 2.07. The van der Waals surface area contributed by atoms with Crippen molar-refractivity contribution in [3.8, 4) is 0 Å². The summed E-state index contributed by atoms with van der Waals surface area (Å²) in [5.74, 6) is 0.679. The van der Waals surface area contributed by atoms with Crippen LogP contribution in [0.2, 0.25) is 0 Å². The monoisotopic (exact) mass is 246 g/mol. The number of nitrogens with one attached hydrogen (secondary N) is 2. The number of hydrazine groups is 1. The quantitative estimate of drug-likeness (QED) is 0.518. The Balaban J connectivity index is 1.87. The van der Waals surface area contributed by atoms with Gasteiger partial charge in [0.15, 0.2) is 0 Å². The molecule has 1 aliphatic rings. The van der Waals surface area contributed by atoms with Gasteiger partial charge in [-0.25, -0.2) is 0 Å². The van der Waals surface area contributed by atoms with Crippen molar-refractivity contribution in [1.29, 1.82) is 0 Å². The largest absolute Gasteiger partial charge is 0.399 e. The number of hydrogen-bond acceptors (Lipinski definition) is 4. The molecule has 2 rings (SSSR count). The molecule has 0 aromatic heterocycles. The zero-order valence-corrected chi connectivity index (χ0v) is 10.3. The fraction of sp³-hybridized carbons (Fsp3) is 0.385. The Labute approximate surface area is 106 Å². The molecule has 5 nitrogen and oxygen atoms in total. The Morgan fingerprint density at radius 3 is 2.72 bits per heavy atom. The van der Waals surface area contributed by atoms with Gasteiger partial charge in [0.1, 0.15) is 5.84 Å². The summed E-state index contributed by atoms with van der Waals surface area (Å²) in [5, 5.41) is 0. The molecule has 0 saturated heterocycles. The molecule has 5 heteroatoms. The van der Waals surface area contributed by atoms with Crippen LogP contribution in [-0.4, -0.2) is 18.3 Å². The maximum atomic E-state index is 11.8. The number of carbonyl (C=O) groups is 1. The lowest BCUT2D eigenvalue weighted by Crippen LogP contribution is -2.41. The molecule has 0 radical (unpaired) electrons. The number of anilines is 1. The fourth-order valence-corrected chi connectivity index (χ4v) is 1.81. The predicted octanol–water partition coefficient (Wildman–Crippen LogP) is 1.48. The Morgan fingerprint density at radius 1 is 1.17 bits per heavy atom. The number of amides is 1. The highest BCUT2D eigenvalue weighted by molar-refractivity contribution is 5.96. The summed E-state index contributed by atoms with van der Waals surface area (Å²) in [7, 11) is 0. The fourth-order valence-electron chi connectivity index (χ4n) is 1.81. The number of carbonyl (C=O) groups excluding carboxylic acids is 1. The van der Waals surface area contributed by atoms with Crippen molar-refractivity contribution in [3.63, 3.8) is 0 Å². The van der Waals surface area contributed by atoms with Gasteiger partial charge in [0.2, 0.25) is 0 Å². The first-order valence-corrected chi connectivity index (χ1v) is 6.21. The van der Waals surface area contributed by atoms with E-state index in [0.29, 0.717) is 11.3 Å². The second-order valence-electron chi connectivity index (χ2n) is 4.34. The SMILES string of the molecule is Nc1ccc(C(=O)NNC2=NCCCCC2)cc1. The molecule has 0 spiro atoms. The van der Waals surface area contributed by atoms with E-state index < -0.39 is 0 Å². The van der Waals surface area contributed by atoms with Gasteiger partial charge in [-0.05, 0) is 37.1 Å². The molecule has 0 fully saturated rings. The minimum absolute atomic E-state index is 0.179. The minimum atomic E-state index is -0.179. The first kappa shape index (κ1) is 12.4. The lowest BCUT2D eigenvalue weighted by Gasteiger charge is -2.10. The molecule has 0 atom stereocenters. The third-order valence-corrected chi connectivity index (χ3v) is 2.87. The molecule has 96 valence electrons. The van der Waals surface area contributed by atoms with E-state index in [-0.39, 0.29) is 5.91 Å². The summed E-state index contributed by atoms with van der Waals surface area (Å²) >= 11 is 0. The van der Waals surface area contributed by atoms with Crippen molar-refractivity contribution < 1.29 is 4.79 Å². The molecule has 1 heterocycles. The topological polar surface area (TPSA) is 79.5 Å². The molecule has 18 heavy (non-hydrogen) atoms. The van der Waals surface area contributed by atoms with Crippen LogP contribution in [0.1, 0.15) is 36.0 Å². The number of nitrogens with zero attached hydrogens (tertiary/aromatic N) is 1. The van der Waals surface area contributed by atoms with Crippen LogP contribution >= 0.6 is 0 Å². The van der Waals surface area contributed by atoms with Gasteiger partial charge in [-0.1, -0.05) is 6.42 Å². The molecule has 0 saturated carbocycles. The van der Waals surface area contributed by atoms with E-state index >= 15 is 0 Å². The summed E-state index contributed by atoms with van der Waals surface area (Å²) in [6.45, 7) is 0.833. The Kier molecular flexibility index (Phi) is 4.17. The Morgan fingerprint density at radius 2 is 1.94 bits per heavy atom. The smallest absolute Gasteiger partial charge is 0.269 e. The molecular formula is C13H18N4O. The van der Waals surface area contributed by atoms with Crippen molar-refractivity contribution >= 4 is 17.4 Å². The normalized spacial score (nSPS) is 15.4. The van der Waals surface area contributed by atoms with Gasteiger partial charge in [0.25, 0.3) is 5.91 Å². The molecular weight excluding hydrogens is 228 g/mol. The van der Waals surface area contributed by atoms with Gasteiger partial charge < -0.3 is 5.73 Å². The number of amidine groups is 1. The zero-order valence-electron chi connectivity index (χ0n) is 10.3. The van der Waals surface area contributed by atoms with E-state index in [9.17, 15) is 4.79 Å². The van der Waals surface area contributed by atoms with Crippen LogP contribution in [0.25, 0.3) is 0 Å². The van der Waals surface area contributed by atoms with Crippen molar-refractivity contribution in [2.24, 2.45) is 4.99 Å². The summed E-state index contributed by atoms with van der Waals surface area (Å²) in [6.07, 6.45) is 4.32. The molecule has 1 aromatic carbocycles. The van der Waals surface area contributed by atoms with Gasteiger partial charge >= 0.3 is 0 Å². The van der Waals surface area contributed by atoms with Crippen LogP contribution in [0.15, 0.2) is 29.3 Å². The van der Waals surface area contributed by atoms with Gasteiger partial charge in [-0.15, -0.1) is 0 Å². The first-order chi connectivity index (χ1) is 8.75. The van der Waals surface area contributed by atoms with Crippen LogP contribution in [-0.2, 0) is 0 Å². The average Bonchev–Trinajstić information content (AvgIpc) is 2.65. The zero-order chi connectivity index (χ0) is 12.8. The Bertz CT molecular complexity index is 439. The highest BCUT2D eigenvalue weighted by Crippen LogP contribution is 2.06. The molecule has 0 aliphatic carbocycles. The standard InChI is InChI=1S/C13H18N4O/c14-11-7-5-10(6-8-11)13(18)17-16-12-4-2-1-3-9-15-12/h5-8H,1-4,9,14H2,(H,15,16)(H,17,18). The third-order valence-electron chi connectivity index (χ3n) is 2.87. The van der Waals surface area contributed by atoms with E-state index in [1.165, 1.54) is 6.42 Å². The second kappa shape index (κ2) is 6.05. The van der Waals surface area contributed by atoms with Crippen LogP contribution in [0, 0.1) is 0 Å². The van der Waals surface area contributed by atoms with Crippen LogP contribution in [0.5, 0.6) is 0 Å². The predicted molar refractivity (Wildman–Crippen MR) is 72.2 cm³/mol. The van der Waals surface area contributed by atoms with E-state index in [0.717, 1.165) is 31.6 Å². The van der Waals surface area contributed by atoms with Gasteiger partial charge in [-0.3, -0.25) is 20.6 Å². The van der Waals surface area contributed by atoms with Crippen molar-refractivity contribution in [2.75, 3.05) is 12.3 Å². The minimum Gasteiger partial charge on any atom is -0.399 e. The molecule has 0 bridgehead atoms. The summed E-state index contributed by atoms with van der Waals surface area (Å²) in [5.41, 5.74) is 12.3. The van der Waals surface area contributed by atoms with Crippen LogP contribution in [0.4, 0.5) is 5.69 Å². The van der Waals surface area contributed by atoms with E-state index in [1.54, 1.807) is 24.3 Å². The number of nitrogen functional groups attached to an aromatic ring is 1. The number of nitrogens with two attached hydrogens (primary N) is 1. The first-order valence-electron chi connectivity index (χ1n) is 6.21. The van der Waals surface area contributed by atoms with Gasteiger partial charge in [0.05, 0.1) is 0 Å². The van der Waals surface area contributed by atoms with Gasteiger partial charge in [-0.2, -0.15) is 0 Å². The molecule has 1 aliphatic heterocycles. The third kappa shape index (κ3) is 3.48. The number of hydrogen-bond donors (Lipinski definition) is 3.